The summed E-state index contributed by atoms with van der Waals surface area (Å²) < 4.78 is 0. The predicted molar refractivity (Wildman–Crippen MR) is 82.0 cm³/mol. The molecule has 0 radical (unpaired) electrons. The number of hydrogen-bond acceptors (Lipinski definition) is 2. The Labute approximate surface area is 115 Å². The monoisotopic (exact) mass is 257 g/mol. The van der Waals surface area contributed by atoms with E-state index in [2.05, 4.69) is 32.6 Å². The highest BCUT2D eigenvalue weighted by molar-refractivity contribution is 5.75. The van der Waals surface area contributed by atoms with Crippen LogP contribution in [0.15, 0.2) is 0 Å². The molecule has 0 aromatic heterocycles. The fourth-order valence-electron chi connectivity index (χ4n) is 1.86. The Morgan fingerprint density at radius 3 is 2.06 bits per heavy atom. The summed E-state index contributed by atoms with van der Waals surface area (Å²) in [5.74, 6) is 1.24. The number of rotatable bonds is 4. The van der Waals surface area contributed by atoms with Gasteiger partial charge in [0.15, 0.2) is 0 Å². The van der Waals surface area contributed by atoms with Gasteiger partial charge in [-0.1, -0.05) is 34.1 Å². The molecule has 1 aliphatic heterocycles. The van der Waals surface area contributed by atoms with Crippen molar-refractivity contribution in [3.63, 3.8) is 0 Å². The summed E-state index contributed by atoms with van der Waals surface area (Å²) in [4.78, 5) is 12.7. The van der Waals surface area contributed by atoms with Gasteiger partial charge in [0, 0.05) is 19.0 Å². The molecule has 2 nitrogen and oxygen atoms in total. The van der Waals surface area contributed by atoms with Crippen molar-refractivity contribution in [2.45, 2.75) is 80.2 Å². The van der Waals surface area contributed by atoms with Crippen molar-refractivity contribution >= 4 is 5.78 Å². The molecule has 1 rings (SSSR count). The Morgan fingerprint density at radius 2 is 1.89 bits per heavy atom. The van der Waals surface area contributed by atoms with Crippen LogP contribution in [0.25, 0.3) is 0 Å². The summed E-state index contributed by atoms with van der Waals surface area (Å²) in [5, 5.41) is 0. The van der Waals surface area contributed by atoms with Gasteiger partial charge in [-0.3, -0.25) is 0 Å². The maximum atomic E-state index is 10.2. The van der Waals surface area contributed by atoms with E-state index in [1.165, 1.54) is 19.5 Å². The van der Waals surface area contributed by atoms with Gasteiger partial charge in [0.1, 0.15) is 5.78 Å². The van der Waals surface area contributed by atoms with E-state index in [0.29, 0.717) is 5.78 Å². The van der Waals surface area contributed by atoms with Crippen molar-refractivity contribution in [2.24, 2.45) is 5.92 Å². The van der Waals surface area contributed by atoms with Crippen molar-refractivity contribution in [1.29, 1.82) is 0 Å². The van der Waals surface area contributed by atoms with Gasteiger partial charge in [-0.25, -0.2) is 0 Å². The lowest BCUT2D eigenvalue weighted by molar-refractivity contribution is -0.117. The van der Waals surface area contributed by atoms with E-state index in [-0.39, 0.29) is 0 Å². The molecule has 2 heteroatoms. The van der Waals surface area contributed by atoms with Gasteiger partial charge in [-0.05, 0) is 46.1 Å². The smallest absolute Gasteiger partial charge is 0.129 e. The average Bonchev–Trinajstić information content (AvgIpc) is 2.77. The molecule has 0 N–H and O–H groups in total. The second kappa shape index (κ2) is 13.1. The van der Waals surface area contributed by atoms with Crippen LogP contribution in [0.2, 0.25) is 0 Å². The van der Waals surface area contributed by atoms with E-state index >= 15 is 0 Å². The molecule has 110 valence electrons. The van der Waals surface area contributed by atoms with Crippen molar-refractivity contribution < 1.29 is 4.79 Å². The molecule has 0 aromatic carbocycles. The van der Waals surface area contributed by atoms with E-state index in [0.717, 1.165) is 31.2 Å². The molecule has 1 heterocycles. The second-order valence-electron chi connectivity index (χ2n) is 5.29. The second-order valence-corrected chi connectivity index (χ2v) is 5.29. The standard InChI is InChI=1S/C8H17N.C6H12O.C2H6/c1-7(2)9-5-4-8(3)6-9;1-3-4-5-6(2)7;1-2/h7-8H,4-6H2,1-3H3;3-5H2,1-2H3;1-2H3. The lowest BCUT2D eigenvalue weighted by atomic mass is 10.2. The number of unbranched alkanes of at least 4 members (excludes halogenated alkanes) is 1. The van der Waals surface area contributed by atoms with Crippen molar-refractivity contribution in [2.75, 3.05) is 13.1 Å². The summed E-state index contributed by atoms with van der Waals surface area (Å²) >= 11 is 0. The summed E-state index contributed by atoms with van der Waals surface area (Å²) in [6, 6.07) is 0.759. The van der Waals surface area contributed by atoms with Crippen LogP contribution in [-0.2, 0) is 4.79 Å². The molecule has 1 saturated heterocycles. The minimum Gasteiger partial charge on any atom is -0.301 e. The molecule has 1 fully saturated rings. The highest BCUT2D eigenvalue weighted by Gasteiger charge is 2.19. The molecule has 0 spiro atoms. The zero-order chi connectivity index (χ0) is 14.6. The van der Waals surface area contributed by atoms with Gasteiger partial charge in [-0.15, -0.1) is 0 Å². The zero-order valence-corrected chi connectivity index (χ0v) is 13.8. The van der Waals surface area contributed by atoms with Crippen LogP contribution in [0.4, 0.5) is 0 Å². The van der Waals surface area contributed by atoms with Crippen molar-refractivity contribution in [1.82, 2.24) is 4.90 Å². The maximum Gasteiger partial charge on any atom is 0.129 e. The van der Waals surface area contributed by atoms with Gasteiger partial charge >= 0.3 is 0 Å². The van der Waals surface area contributed by atoms with Crippen LogP contribution in [0.5, 0.6) is 0 Å². The van der Waals surface area contributed by atoms with Crippen LogP contribution in [-0.4, -0.2) is 29.8 Å². The number of nitrogens with zero attached hydrogens (tertiary/aromatic N) is 1. The molecule has 0 bridgehead atoms. The number of likely N-dealkylation sites (tertiary alicyclic amines) is 1. The molecular formula is C16H35NO. The number of carbonyl (C=O) groups is 1. The van der Waals surface area contributed by atoms with Crippen LogP contribution in [0, 0.1) is 5.92 Å². The van der Waals surface area contributed by atoms with Gasteiger partial charge in [-0.2, -0.15) is 0 Å². The Kier molecular flexibility index (Phi) is 14.5. The number of ketones is 1. The summed E-state index contributed by atoms with van der Waals surface area (Å²) in [5.41, 5.74) is 0. The zero-order valence-electron chi connectivity index (χ0n) is 13.8. The molecule has 18 heavy (non-hydrogen) atoms. The van der Waals surface area contributed by atoms with E-state index in [1.807, 2.05) is 13.8 Å². The normalized spacial score (nSPS) is 18.8. The molecule has 0 saturated carbocycles. The van der Waals surface area contributed by atoms with Crippen LogP contribution in [0.1, 0.15) is 74.1 Å². The van der Waals surface area contributed by atoms with Crippen molar-refractivity contribution in [3.8, 4) is 0 Å². The van der Waals surface area contributed by atoms with Crippen LogP contribution >= 0.6 is 0 Å². The third kappa shape index (κ3) is 12.1. The number of hydrogen-bond donors (Lipinski definition) is 0. The van der Waals surface area contributed by atoms with E-state index < -0.39 is 0 Å². The highest BCUT2D eigenvalue weighted by Crippen LogP contribution is 2.16. The molecular weight excluding hydrogens is 222 g/mol. The molecule has 0 aromatic rings. The fraction of sp³-hybridized carbons (Fsp3) is 0.938. The van der Waals surface area contributed by atoms with Gasteiger partial charge in [0.05, 0.1) is 0 Å². The first-order chi connectivity index (χ1) is 8.47. The Bertz CT molecular complexity index is 190. The Hall–Kier alpha value is -0.370. The number of carbonyl (C=O) groups excluding carboxylic acids is 1. The van der Waals surface area contributed by atoms with Gasteiger partial charge in [0.2, 0.25) is 0 Å². The highest BCUT2D eigenvalue weighted by atomic mass is 16.1. The molecule has 1 unspecified atom stereocenters. The van der Waals surface area contributed by atoms with Crippen LogP contribution < -0.4 is 0 Å². The topological polar surface area (TPSA) is 20.3 Å². The van der Waals surface area contributed by atoms with Crippen molar-refractivity contribution in [3.05, 3.63) is 0 Å². The van der Waals surface area contributed by atoms with E-state index in [4.69, 9.17) is 0 Å². The maximum absolute atomic E-state index is 10.2. The first-order valence-corrected chi connectivity index (χ1v) is 7.70. The first-order valence-electron chi connectivity index (χ1n) is 7.70. The van der Waals surface area contributed by atoms with Gasteiger partial charge < -0.3 is 9.69 Å². The van der Waals surface area contributed by atoms with E-state index in [1.54, 1.807) is 6.92 Å². The lowest BCUT2D eigenvalue weighted by Gasteiger charge is -2.19. The molecule has 0 aliphatic carbocycles. The predicted octanol–water partition coefficient (Wildman–Crippen LogP) is 4.53. The Morgan fingerprint density at radius 1 is 1.33 bits per heavy atom. The molecule has 1 atom stereocenters. The number of Topliss-reactive ketones (excluding diaryl/α,β-unsaturated/α-hetero) is 1. The quantitative estimate of drug-likeness (QED) is 0.737. The largest absolute Gasteiger partial charge is 0.301 e. The summed E-state index contributed by atoms with van der Waals surface area (Å²) in [6.45, 7) is 17.2. The third-order valence-corrected chi connectivity index (χ3v) is 3.07. The van der Waals surface area contributed by atoms with E-state index in [9.17, 15) is 4.79 Å². The lowest BCUT2D eigenvalue weighted by Crippen LogP contribution is -2.27. The average molecular weight is 257 g/mol. The molecule has 1 aliphatic rings. The minimum atomic E-state index is 0.307. The SMILES string of the molecule is CC.CC1CCN(C(C)C)C1.CCCCC(C)=O. The minimum absolute atomic E-state index is 0.307. The Balaban J connectivity index is 0. The fourth-order valence-corrected chi connectivity index (χ4v) is 1.86. The molecule has 0 amide bonds. The summed E-state index contributed by atoms with van der Waals surface area (Å²) in [6.07, 6.45) is 4.34. The van der Waals surface area contributed by atoms with Crippen LogP contribution in [0.3, 0.4) is 0 Å². The summed E-state index contributed by atoms with van der Waals surface area (Å²) in [7, 11) is 0. The first kappa shape index (κ1) is 20.0. The third-order valence-electron chi connectivity index (χ3n) is 3.07. The van der Waals surface area contributed by atoms with Gasteiger partial charge in [0.25, 0.3) is 0 Å².